The van der Waals surface area contributed by atoms with Crippen molar-refractivity contribution in [1.82, 2.24) is 5.32 Å². The van der Waals surface area contributed by atoms with Gasteiger partial charge in [0.05, 0.1) is 5.60 Å². The van der Waals surface area contributed by atoms with Crippen LogP contribution in [0.25, 0.3) is 0 Å². The van der Waals surface area contributed by atoms with E-state index < -0.39 is 0 Å². The molecular formula is C18H39NO. The fourth-order valence-electron chi connectivity index (χ4n) is 2.65. The molecule has 20 heavy (non-hydrogen) atoms. The maximum absolute atomic E-state index is 5.58. The Labute approximate surface area is 128 Å². The molecule has 0 heterocycles. The van der Waals surface area contributed by atoms with Gasteiger partial charge in [0.15, 0.2) is 0 Å². The Morgan fingerprint density at radius 1 is 0.900 bits per heavy atom. The molecule has 2 heteroatoms. The molecule has 0 aromatic heterocycles. The van der Waals surface area contributed by atoms with E-state index in [0.717, 1.165) is 13.0 Å². The van der Waals surface area contributed by atoms with E-state index in [1.54, 1.807) is 0 Å². The maximum Gasteiger partial charge on any atom is 0.0637 e. The number of methoxy groups -OCH3 is 1. The number of ether oxygens (including phenoxy) is 1. The van der Waals surface area contributed by atoms with Crippen LogP contribution >= 0.6 is 0 Å². The molecule has 0 aromatic rings. The van der Waals surface area contributed by atoms with Gasteiger partial charge >= 0.3 is 0 Å². The SMILES string of the molecule is CCCCCCCCCC(CC(C)(C)OC)NCCC. The summed E-state index contributed by atoms with van der Waals surface area (Å²) in [4.78, 5) is 0. The Hall–Kier alpha value is -0.0800. The summed E-state index contributed by atoms with van der Waals surface area (Å²) in [7, 11) is 1.82. The summed E-state index contributed by atoms with van der Waals surface area (Å²) in [5, 5.41) is 3.69. The molecule has 0 bridgehead atoms. The molecule has 1 unspecified atom stereocenters. The minimum Gasteiger partial charge on any atom is -0.379 e. The van der Waals surface area contributed by atoms with Gasteiger partial charge in [0.1, 0.15) is 0 Å². The summed E-state index contributed by atoms with van der Waals surface area (Å²) in [6, 6.07) is 0.612. The second-order valence-corrected chi connectivity index (χ2v) is 6.73. The van der Waals surface area contributed by atoms with Gasteiger partial charge in [0.2, 0.25) is 0 Å². The molecule has 0 rings (SSSR count). The van der Waals surface area contributed by atoms with Crippen LogP contribution in [0.1, 0.15) is 91.9 Å². The highest BCUT2D eigenvalue weighted by atomic mass is 16.5. The van der Waals surface area contributed by atoms with Gasteiger partial charge in [-0.05, 0) is 39.7 Å². The van der Waals surface area contributed by atoms with Gasteiger partial charge in [-0.25, -0.2) is 0 Å². The summed E-state index contributed by atoms with van der Waals surface area (Å²) in [5.41, 5.74) is -0.00741. The molecule has 2 nitrogen and oxygen atoms in total. The number of nitrogens with one attached hydrogen (secondary N) is 1. The van der Waals surface area contributed by atoms with E-state index in [9.17, 15) is 0 Å². The maximum atomic E-state index is 5.58. The van der Waals surface area contributed by atoms with Gasteiger partial charge in [-0.15, -0.1) is 0 Å². The highest BCUT2D eigenvalue weighted by Crippen LogP contribution is 2.19. The second kappa shape index (κ2) is 12.6. The lowest BCUT2D eigenvalue weighted by atomic mass is 9.94. The minimum absolute atomic E-state index is 0.00741. The van der Waals surface area contributed by atoms with E-state index in [1.165, 1.54) is 57.8 Å². The van der Waals surface area contributed by atoms with Gasteiger partial charge in [-0.2, -0.15) is 0 Å². The lowest BCUT2D eigenvalue weighted by Crippen LogP contribution is -2.38. The first-order valence-corrected chi connectivity index (χ1v) is 8.84. The van der Waals surface area contributed by atoms with Crippen molar-refractivity contribution in [3.05, 3.63) is 0 Å². The predicted molar refractivity (Wildman–Crippen MR) is 90.4 cm³/mol. The molecule has 0 aliphatic rings. The monoisotopic (exact) mass is 285 g/mol. The van der Waals surface area contributed by atoms with E-state index >= 15 is 0 Å². The van der Waals surface area contributed by atoms with Crippen LogP contribution < -0.4 is 5.32 Å². The van der Waals surface area contributed by atoms with E-state index in [-0.39, 0.29) is 5.60 Å². The topological polar surface area (TPSA) is 21.3 Å². The zero-order valence-electron chi connectivity index (χ0n) is 14.8. The van der Waals surface area contributed by atoms with Crippen LogP contribution in [-0.2, 0) is 4.74 Å². The van der Waals surface area contributed by atoms with Gasteiger partial charge in [0.25, 0.3) is 0 Å². The van der Waals surface area contributed by atoms with Crippen molar-refractivity contribution < 1.29 is 4.74 Å². The fourth-order valence-corrected chi connectivity index (χ4v) is 2.65. The first-order chi connectivity index (χ1) is 9.55. The largest absolute Gasteiger partial charge is 0.379 e. The van der Waals surface area contributed by atoms with Gasteiger partial charge in [0, 0.05) is 13.2 Å². The molecule has 1 N–H and O–H groups in total. The third-order valence-electron chi connectivity index (χ3n) is 4.13. The van der Waals surface area contributed by atoms with E-state index in [4.69, 9.17) is 4.74 Å². The zero-order chi connectivity index (χ0) is 15.3. The molecule has 122 valence electrons. The molecule has 0 radical (unpaired) electrons. The standard InChI is InChI=1S/C18H39NO/c1-6-8-9-10-11-12-13-14-17(19-15-7-2)16-18(3,4)20-5/h17,19H,6-16H2,1-5H3. The summed E-state index contributed by atoms with van der Waals surface area (Å²) < 4.78 is 5.58. The summed E-state index contributed by atoms with van der Waals surface area (Å²) in [6.07, 6.45) is 13.4. The highest BCUT2D eigenvalue weighted by molar-refractivity contribution is 4.78. The third-order valence-corrected chi connectivity index (χ3v) is 4.13. The average molecular weight is 286 g/mol. The van der Waals surface area contributed by atoms with Crippen LogP contribution in [0.3, 0.4) is 0 Å². The molecule has 0 saturated carbocycles. The zero-order valence-corrected chi connectivity index (χ0v) is 14.8. The van der Waals surface area contributed by atoms with Gasteiger partial charge in [-0.1, -0.05) is 58.8 Å². The first kappa shape index (κ1) is 19.9. The summed E-state index contributed by atoms with van der Waals surface area (Å²) in [5.74, 6) is 0. The molecule has 0 amide bonds. The summed E-state index contributed by atoms with van der Waals surface area (Å²) in [6.45, 7) is 10.0. The minimum atomic E-state index is -0.00741. The van der Waals surface area contributed by atoms with Crippen molar-refractivity contribution in [2.45, 2.75) is 104 Å². The fraction of sp³-hybridized carbons (Fsp3) is 1.00. The van der Waals surface area contributed by atoms with Crippen LogP contribution in [0, 0.1) is 0 Å². The predicted octanol–water partition coefficient (Wildman–Crippen LogP) is 5.31. The molecule has 0 aromatic carbocycles. The van der Waals surface area contributed by atoms with E-state index in [2.05, 4.69) is 33.0 Å². The number of hydrogen-bond donors (Lipinski definition) is 1. The first-order valence-electron chi connectivity index (χ1n) is 8.84. The van der Waals surface area contributed by atoms with Crippen LogP contribution in [0.5, 0.6) is 0 Å². The normalized spacial score (nSPS) is 13.7. The van der Waals surface area contributed by atoms with Crippen LogP contribution in [0.15, 0.2) is 0 Å². The van der Waals surface area contributed by atoms with Crippen molar-refractivity contribution in [3.8, 4) is 0 Å². The lowest BCUT2D eigenvalue weighted by Gasteiger charge is -2.29. The van der Waals surface area contributed by atoms with Crippen molar-refractivity contribution in [3.63, 3.8) is 0 Å². The molecule has 0 spiro atoms. The molecule has 0 aliphatic heterocycles. The Balaban J connectivity index is 3.80. The molecular weight excluding hydrogens is 246 g/mol. The van der Waals surface area contributed by atoms with Gasteiger partial charge in [-0.3, -0.25) is 0 Å². The highest BCUT2D eigenvalue weighted by Gasteiger charge is 2.22. The van der Waals surface area contributed by atoms with Crippen LogP contribution in [0.4, 0.5) is 0 Å². The number of rotatable bonds is 14. The summed E-state index contributed by atoms with van der Waals surface area (Å²) >= 11 is 0. The molecule has 0 saturated heterocycles. The Morgan fingerprint density at radius 2 is 1.50 bits per heavy atom. The third kappa shape index (κ3) is 11.7. The van der Waals surface area contributed by atoms with Crippen molar-refractivity contribution in [1.29, 1.82) is 0 Å². The smallest absolute Gasteiger partial charge is 0.0637 e. The number of unbranched alkanes of at least 4 members (excludes halogenated alkanes) is 6. The van der Waals surface area contributed by atoms with Crippen LogP contribution in [0.2, 0.25) is 0 Å². The van der Waals surface area contributed by atoms with Gasteiger partial charge < -0.3 is 10.1 Å². The lowest BCUT2D eigenvalue weighted by molar-refractivity contribution is 0.00620. The van der Waals surface area contributed by atoms with Crippen molar-refractivity contribution in [2.75, 3.05) is 13.7 Å². The molecule has 1 atom stereocenters. The average Bonchev–Trinajstić information content (AvgIpc) is 2.43. The Morgan fingerprint density at radius 3 is 2.05 bits per heavy atom. The van der Waals surface area contributed by atoms with Crippen molar-refractivity contribution in [2.24, 2.45) is 0 Å². The number of hydrogen-bond acceptors (Lipinski definition) is 2. The van der Waals surface area contributed by atoms with Crippen LogP contribution in [-0.4, -0.2) is 25.3 Å². The quantitative estimate of drug-likeness (QED) is 0.437. The van der Waals surface area contributed by atoms with Crippen molar-refractivity contribution >= 4 is 0 Å². The molecule has 0 aliphatic carbocycles. The van der Waals surface area contributed by atoms with E-state index in [1.807, 2.05) is 7.11 Å². The second-order valence-electron chi connectivity index (χ2n) is 6.73. The Bertz CT molecular complexity index is 204. The molecule has 0 fully saturated rings. The van der Waals surface area contributed by atoms with E-state index in [0.29, 0.717) is 6.04 Å². The Kier molecular flexibility index (Phi) is 12.6.